The van der Waals surface area contributed by atoms with Crippen molar-refractivity contribution in [1.29, 1.82) is 0 Å². The van der Waals surface area contributed by atoms with Crippen LogP contribution in [0.3, 0.4) is 0 Å². The summed E-state index contributed by atoms with van der Waals surface area (Å²) in [5.74, 6) is 0.866. The van der Waals surface area contributed by atoms with Crippen LogP contribution in [-0.2, 0) is 7.05 Å². The summed E-state index contributed by atoms with van der Waals surface area (Å²) in [6, 6.07) is 30.0. The highest BCUT2D eigenvalue weighted by Gasteiger charge is 2.16. The molecule has 1 heterocycles. The normalized spacial score (nSPS) is 11.3. The molecule has 0 atom stereocenters. The van der Waals surface area contributed by atoms with Crippen molar-refractivity contribution >= 4 is 37.7 Å². The third-order valence-electron chi connectivity index (χ3n) is 5.58. The quantitative estimate of drug-likeness (QED) is 0.283. The molecule has 0 aliphatic heterocycles. The molecule has 0 saturated carbocycles. The van der Waals surface area contributed by atoms with Crippen LogP contribution in [0.5, 0.6) is 5.75 Å². The first kappa shape index (κ1) is 18.0. The second kappa shape index (κ2) is 7.09. The Morgan fingerprint density at radius 1 is 0.724 bits per heavy atom. The zero-order valence-electron chi connectivity index (χ0n) is 16.3. The number of fused-ring (bicyclic) bond motifs is 3. The summed E-state index contributed by atoms with van der Waals surface area (Å²) < 4.78 is 8.74. The zero-order chi connectivity index (χ0) is 20.0. The van der Waals surface area contributed by atoms with E-state index in [1.807, 2.05) is 12.1 Å². The van der Waals surface area contributed by atoms with E-state index in [1.165, 1.54) is 44.1 Å². The summed E-state index contributed by atoms with van der Waals surface area (Å²) in [6.45, 7) is 0. The minimum atomic E-state index is 0.866. The molecule has 5 rings (SSSR count). The van der Waals surface area contributed by atoms with Gasteiger partial charge >= 0.3 is 0 Å². The first-order chi connectivity index (χ1) is 14.2. The number of aromatic nitrogens is 1. The Balaban J connectivity index is 1.89. The lowest BCUT2D eigenvalue weighted by atomic mass is 9.94. The van der Waals surface area contributed by atoms with Crippen LogP contribution in [0.4, 0.5) is 0 Å². The fourth-order valence-corrected chi connectivity index (χ4v) is 4.46. The molecule has 0 unspecified atom stereocenters. The summed E-state index contributed by atoms with van der Waals surface area (Å²) >= 11 is 3.65. The molecule has 0 aliphatic carbocycles. The minimum absolute atomic E-state index is 0.866. The fraction of sp³-hybridized carbons (Fsp3) is 0.0769. The van der Waals surface area contributed by atoms with Gasteiger partial charge in [-0.1, -0.05) is 58.4 Å². The Kier molecular flexibility index (Phi) is 4.40. The minimum Gasteiger partial charge on any atom is -0.497 e. The third-order valence-corrected chi connectivity index (χ3v) is 6.07. The Hall–Kier alpha value is -3.04. The largest absolute Gasteiger partial charge is 0.497 e. The molecule has 0 aliphatic rings. The lowest BCUT2D eigenvalue weighted by molar-refractivity contribution is 0.415. The summed E-state index contributed by atoms with van der Waals surface area (Å²) in [7, 11) is 3.84. The maximum Gasteiger partial charge on any atom is 0.118 e. The average molecular weight is 442 g/mol. The molecular weight excluding hydrogens is 422 g/mol. The van der Waals surface area contributed by atoms with Crippen LogP contribution in [-0.4, -0.2) is 11.7 Å². The molecule has 0 spiro atoms. The molecule has 0 fully saturated rings. The SMILES string of the molecule is COc1ccc(-c2cc(-c3ccccc3)cc3c2c2cc(Br)ccc2n3C)cc1. The van der Waals surface area contributed by atoms with Crippen molar-refractivity contribution in [2.24, 2.45) is 7.05 Å². The van der Waals surface area contributed by atoms with Crippen LogP contribution in [0.25, 0.3) is 44.1 Å². The number of methoxy groups -OCH3 is 1. The van der Waals surface area contributed by atoms with Gasteiger partial charge in [0.25, 0.3) is 0 Å². The molecule has 5 aromatic rings. The van der Waals surface area contributed by atoms with E-state index in [-0.39, 0.29) is 0 Å². The average Bonchev–Trinajstić information content (AvgIpc) is 3.05. The van der Waals surface area contributed by atoms with Gasteiger partial charge in [0.05, 0.1) is 12.6 Å². The van der Waals surface area contributed by atoms with Gasteiger partial charge in [0.15, 0.2) is 0 Å². The van der Waals surface area contributed by atoms with Gasteiger partial charge in [-0.3, -0.25) is 0 Å². The van der Waals surface area contributed by atoms with Crippen molar-refractivity contribution in [2.45, 2.75) is 0 Å². The van der Waals surface area contributed by atoms with E-state index in [0.717, 1.165) is 10.2 Å². The first-order valence-electron chi connectivity index (χ1n) is 9.57. The molecule has 4 aromatic carbocycles. The number of halogens is 1. The summed E-state index contributed by atoms with van der Waals surface area (Å²) in [5, 5.41) is 2.52. The second-order valence-electron chi connectivity index (χ2n) is 7.23. The third kappa shape index (κ3) is 3.02. The van der Waals surface area contributed by atoms with Gasteiger partial charge in [-0.2, -0.15) is 0 Å². The Morgan fingerprint density at radius 3 is 2.21 bits per heavy atom. The van der Waals surface area contributed by atoms with Crippen LogP contribution in [0.15, 0.2) is 89.4 Å². The van der Waals surface area contributed by atoms with Gasteiger partial charge in [0.1, 0.15) is 5.75 Å². The number of hydrogen-bond donors (Lipinski definition) is 0. The standard InChI is InChI=1S/C26H20BrNO/c1-28-24-13-10-20(27)16-23(24)26-22(18-8-11-21(29-2)12-9-18)14-19(15-25(26)28)17-6-4-3-5-7-17/h3-16H,1-2H3. The van der Waals surface area contributed by atoms with Crippen LogP contribution < -0.4 is 4.74 Å². The molecule has 3 heteroatoms. The number of ether oxygens (including phenoxy) is 1. The predicted molar refractivity (Wildman–Crippen MR) is 126 cm³/mol. The van der Waals surface area contributed by atoms with E-state index in [1.54, 1.807) is 7.11 Å². The molecule has 0 radical (unpaired) electrons. The number of aryl methyl sites for hydroxylation is 1. The highest BCUT2D eigenvalue weighted by atomic mass is 79.9. The molecular formula is C26H20BrNO. The number of benzene rings is 4. The van der Waals surface area contributed by atoms with E-state index >= 15 is 0 Å². The maximum absolute atomic E-state index is 5.37. The van der Waals surface area contributed by atoms with Crippen molar-refractivity contribution in [2.75, 3.05) is 7.11 Å². The highest BCUT2D eigenvalue weighted by Crippen LogP contribution is 2.40. The number of hydrogen-bond acceptors (Lipinski definition) is 1. The molecule has 2 nitrogen and oxygen atoms in total. The summed E-state index contributed by atoms with van der Waals surface area (Å²) in [5.41, 5.74) is 7.30. The van der Waals surface area contributed by atoms with Gasteiger partial charge in [-0.05, 0) is 64.7 Å². The number of rotatable bonds is 3. The molecule has 0 amide bonds. The summed E-state index contributed by atoms with van der Waals surface area (Å²) in [4.78, 5) is 0. The molecule has 1 aromatic heterocycles. The van der Waals surface area contributed by atoms with E-state index in [4.69, 9.17) is 4.74 Å². The predicted octanol–water partition coefficient (Wildman–Crippen LogP) is 7.44. The second-order valence-corrected chi connectivity index (χ2v) is 8.15. The van der Waals surface area contributed by atoms with Crippen LogP contribution in [0.2, 0.25) is 0 Å². The van der Waals surface area contributed by atoms with Gasteiger partial charge in [0.2, 0.25) is 0 Å². The Labute approximate surface area is 178 Å². The van der Waals surface area contributed by atoms with Gasteiger partial charge in [-0.15, -0.1) is 0 Å². The van der Waals surface area contributed by atoms with Crippen molar-refractivity contribution in [3.8, 4) is 28.0 Å². The lowest BCUT2D eigenvalue weighted by Gasteiger charge is -2.11. The first-order valence-corrected chi connectivity index (χ1v) is 10.4. The molecule has 0 N–H and O–H groups in total. The zero-order valence-corrected chi connectivity index (χ0v) is 17.9. The van der Waals surface area contributed by atoms with Gasteiger partial charge in [-0.25, -0.2) is 0 Å². The van der Waals surface area contributed by atoms with Crippen molar-refractivity contribution in [3.63, 3.8) is 0 Å². The lowest BCUT2D eigenvalue weighted by Crippen LogP contribution is -1.89. The van der Waals surface area contributed by atoms with Crippen molar-refractivity contribution in [3.05, 3.63) is 89.4 Å². The molecule has 142 valence electrons. The van der Waals surface area contributed by atoms with Crippen molar-refractivity contribution in [1.82, 2.24) is 4.57 Å². The van der Waals surface area contributed by atoms with Crippen LogP contribution in [0.1, 0.15) is 0 Å². The molecule has 0 saturated heterocycles. The van der Waals surface area contributed by atoms with Crippen LogP contribution >= 0.6 is 15.9 Å². The maximum atomic E-state index is 5.37. The highest BCUT2D eigenvalue weighted by molar-refractivity contribution is 9.10. The fourth-order valence-electron chi connectivity index (χ4n) is 4.10. The smallest absolute Gasteiger partial charge is 0.118 e. The van der Waals surface area contributed by atoms with E-state index in [2.05, 4.69) is 100 Å². The van der Waals surface area contributed by atoms with E-state index in [9.17, 15) is 0 Å². The van der Waals surface area contributed by atoms with Gasteiger partial charge in [0, 0.05) is 27.8 Å². The monoisotopic (exact) mass is 441 g/mol. The Bertz CT molecular complexity index is 1330. The van der Waals surface area contributed by atoms with E-state index in [0.29, 0.717) is 0 Å². The summed E-state index contributed by atoms with van der Waals surface area (Å²) in [6.07, 6.45) is 0. The van der Waals surface area contributed by atoms with Crippen molar-refractivity contribution < 1.29 is 4.74 Å². The van der Waals surface area contributed by atoms with Gasteiger partial charge < -0.3 is 9.30 Å². The van der Waals surface area contributed by atoms with E-state index < -0.39 is 0 Å². The van der Waals surface area contributed by atoms with Crippen LogP contribution in [0, 0.1) is 0 Å². The Morgan fingerprint density at radius 2 is 1.48 bits per heavy atom. The number of nitrogens with zero attached hydrogens (tertiary/aromatic N) is 1. The topological polar surface area (TPSA) is 14.2 Å². The molecule has 0 bridgehead atoms. The molecule has 29 heavy (non-hydrogen) atoms.